The maximum absolute atomic E-state index is 9.49. The van der Waals surface area contributed by atoms with Crippen LogP contribution in [0.1, 0.15) is 26.2 Å². The van der Waals surface area contributed by atoms with Gasteiger partial charge in [0.25, 0.3) is 0 Å². The van der Waals surface area contributed by atoms with E-state index in [-0.39, 0.29) is 5.60 Å². The fourth-order valence-corrected chi connectivity index (χ4v) is 2.24. The Kier molecular flexibility index (Phi) is 4.99. The molecule has 0 spiro atoms. The highest BCUT2D eigenvalue weighted by molar-refractivity contribution is 4.90. The zero-order valence-corrected chi connectivity index (χ0v) is 9.74. The lowest BCUT2D eigenvalue weighted by Crippen LogP contribution is -2.41. The van der Waals surface area contributed by atoms with Gasteiger partial charge in [-0.2, -0.15) is 0 Å². The van der Waals surface area contributed by atoms with Gasteiger partial charge in [-0.15, -0.1) is 0 Å². The van der Waals surface area contributed by atoms with Crippen molar-refractivity contribution in [1.82, 2.24) is 0 Å². The van der Waals surface area contributed by atoms with E-state index in [9.17, 15) is 5.11 Å². The van der Waals surface area contributed by atoms with Crippen LogP contribution in [-0.4, -0.2) is 43.7 Å². The molecule has 0 aliphatic heterocycles. The van der Waals surface area contributed by atoms with Crippen LogP contribution < -0.4 is 5.73 Å². The van der Waals surface area contributed by atoms with Crippen LogP contribution in [0.15, 0.2) is 0 Å². The molecule has 0 bridgehead atoms. The van der Waals surface area contributed by atoms with E-state index in [1.54, 1.807) is 7.11 Å². The Balaban J connectivity index is 2.34. The van der Waals surface area contributed by atoms with Crippen molar-refractivity contribution in [2.24, 2.45) is 11.7 Å². The zero-order valence-electron chi connectivity index (χ0n) is 9.74. The van der Waals surface area contributed by atoms with E-state index >= 15 is 0 Å². The summed E-state index contributed by atoms with van der Waals surface area (Å²) >= 11 is 0. The largest absolute Gasteiger partial charge is 0.388 e. The van der Waals surface area contributed by atoms with E-state index in [1.165, 1.54) is 0 Å². The third-order valence-electron chi connectivity index (χ3n) is 3.13. The van der Waals surface area contributed by atoms with Crippen LogP contribution in [0.4, 0.5) is 0 Å². The van der Waals surface area contributed by atoms with Gasteiger partial charge in [-0.3, -0.25) is 0 Å². The fraction of sp³-hybridized carbons (Fsp3) is 1.00. The van der Waals surface area contributed by atoms with Crippen molar-refractivity contribution in [3.8, 4) is 0 Å². The average Bonchev–Trinajstić information content (AvgIpc) is 2.59. The molecule has 3 N–H and O–H groups in total. The van der Waals surface area contributed by atoms with Crippen LogP contribution >= 0.6 is 0 Å². The van der Waals surface area contributed by atoms with Crippen molar-refractivity contribution >= 4 is 0 Å². The standard InChI is InChI=1S/C11H23NO3/c1-9-3-4-11(5-9,8-12)15-7-10(13)6-14-2/h9-10,13H,3-8,12H2,1-2H3. The van der Waals surface area contributed by atoms with Crippen molar-refractivity contribution in [3.63, 3.8) is 0 Å². The van der Waals surface area contributed by atoms with Crippen LogP contribution in [-0.2, 0) is 9.47 Å². The second-order valence-electron chi connectivity index (χ2n) is 4.66. The summed E-state index contributed by atoms with van der Waals surface area (Å²) in [5.41, 5.74) is 5.55. The van der Waals surface area contributed by atoms with E-state index in [0.717, 1.165) is 19.3 Å². The summed E-state index contributed by atoms with van der Waals surface area (Å²) in [5.74, 6) is 0.674. The minimum atomic E-state index is -0.547. The molecule has 0 heterocycles. The normalized spacial score (nSPS) is 33.2. The van der Waals surface area contributed by atoms with Gasteiger partial charge in [-0.05, 0) is 25.2 Å². The van der Waals surface area contributed by atoms with Crippen molar-refractivity contribution in [1.29, 1.82) is 0 Å². The molecule has 4 heteroatoms. The van der Waals surface area contributed by atoms with E-state index < -0.39 is 6.10 Å². The first kappa shape index (κ1) is 12.9. The van der Waals surface area contributed by atoms with Gasteiger partial charge >= 0.3 is 0 Å². The molecule has 1 fully saturated rings. The summed E-state index contributed by atoms with van der Waals surface area (Å²) in [7, 11) is 1.57. The molecule has 3 atom stereocenters. The molecule has 4 nitrogen and oxygen atoms in total. The molecule has 0 amide bonds. The predicted octanol–water partition coefficient (Wildman–Crippen LogP) is 0.528. The Bertz CT molecular complexity index is 189. The van der Waals surface area contributed by atoms with Crippen LogP contribution in [0.2, 0.25) is 0 Å². The number of nitrogens with two attached hydrogens (primary N) is 1. The molecule has 3 unspecified atom stereocenters. The van der Waals surface area contributed by atoms with Gasteiger partial charge in [0, 0.05) is 13.7 Å². The molecule has 1 aliphatic rings. The van der Waals surface area contributed by atoms with E-state index in [2.05, 4.69) is 6.92 Å². The van der Waals surface area contributed by atoms with Crippen LogP contribution in [0.5, 0.6) is 0 Å². The number of aliphatic hydroxyl groups is 1. The van der Waals surface area contributed by atoms with Gasteiger partial charge in [0.1, 0.15) is 6.10 Å². The zero-order chi connectivity index (χ0) is 11.3. The number of aliphatic hydroxyl groups excluding tert-OH is 1. The molecule has 0 aromatic carbocycles. The van der Waals surface area contributed by atoms with E-state index in [4.69, 9.17) is 15.2 Å². The minimum absolute atomic E-state index is 0.200. The first-order chi connectivity index (χ1) is 7.12. The molecule has 0 aromatic rings. The Morgan fingerprint density at radius 1 is 1.53 bits per heavy atom. The van der Waals surface area contributed by atoms with Crippen molar-refractivity contribution in [2.75, 3.05) is 26.9 Å². The maximum atomic E-state index is 9.49. The summed E-state index contributed by atoms with van der Waals surface area (Å²) in [6, 6.07) is 0. The van der Waals surface area contributed by atoms with Crippen LogP contribution in [0.25, 0.3) is 0 Å². The fourth-order valence-electron chi connectivity index (χ4n) is 2.24. The topological polar surface area (TPSA) is 64.7 Å². The molecule has 90 valence electrons. The van der Waals surface area contributed by atoms with Crippen LogP contribution in [0, 0.1) is 5.92 Å². The third-order valence-corrected chi connectivity index (χ3v) is 3.13. The Morgan fingerprint density at radius 3 is 2.73 bits per heavy atom. The molecule has 0 saturated heterocycles. The SMILES string of the molecule is COCC(O)COC1(CN)CCC(C)C1. The number of methoxy groups -OCH3 is 1. The van der Waals surface area contributed by atoms with Gasteiger partial charge in [-0.1, -0.05) is 6.92 Å². The molecule has 15 heavy (non-hydrogen) atoms. The Labute approximate surface area is 91.7 Å². The first-order valence-corrected chi connectivity index (χ1v) is 5.63. The number of rotatable bonds is 6. The lowest BCUT2D eigenvalue weighted by molar-refractivity contribution is -0.0857. The predicted molar refractivity (Wildman–Crippen MR) is 58.6 cm³/mol. The van der Waals surface area contributed by atoms with Gasteiger partial charge in [0.2, 0.25) is 0 Å². The van der Waals surface area contributed by atoms with Crippen molar-refractivity contribution in [2.45, 2.75) is 37.9 Å². The summed E-state index contributed by atoms with van der Waals surface area (Å²) < 4.78 is 10.6. The summed E-state index contributed by atoms with van der Waals surface area (Å²) in [6.45, 7) is 3.39. The third kappa shape index (κ3) is 3.72. The van der Waals surface area contributed by atoms with Gasteiger partial charge in [-0.25, -0.2) is 0 Å². The summed E-state index contributed by atoms with van der Waals surface area (Å²) in [4.78, 5) is 0. The lowest BCUT2D eigenvalue weighted by atomic mass is 10.0. The molecule has 1 saturated carbocycles. The smallest absolute Gasteiger partial charge is 0.101 e. The molecule has 0 aromatic heterocycles. The molecule has 1 aliphatic carbocycles. The second kappa shape index (κ2) is 5.80. The number of ether oxygens (including phenoxy) is 2. The summed E-state index contributed by atoms with van der Waals surface area (Å²) in [5, 5.41) is 9.49. The number of hydrogen-bond acceptors (Lipinski definition) is 4. The van der Waals surface area contributed by atoms with Crippen LogP contribution in [0.3, 0.4) is 0 Å². The highest BCUT2D eigenvalue weighted by atomic mass is 16.5. The average molecular weight is 217 g/mol. The van der Waals surface area contributed by atoms with Crippen molar-refractivity contribution in [3.05, 3.63) is 0 Å². The van der Waals surface area contributed by atoms with Gasteiger partial charge in [0.05, 0.1) is 18.8 Å². The first-order valence-electron chi connectivity index (χ1n) is 5.63. The molecule has 0 radical (unpaired) electrons. The summed E-state index contributed by atoms with van der Waals surface area (Å²) in [6.07, 6.45) is 2.62. The molecule has 1 rings (SSSR count). The Morgan fingerprint density at radius 2 is 2.27 bits per heavy atom. The highest BCUT2D eigenvalue weighted by Crippen LogP contribution is 2.36. The Hall–Kier alpha value is -0.160. The lowest BCUT2D eigenvalue weighted by Gasteiger charge is -2.29. The molecular formula is C11H23NO3. The monoisotopic (exact) mass is 217 g/mol. The maximum Gasteiger partial charge on any atom is 0.101 e. The minimum Gasteiger partial charge on any atom is -0.388 e. The highest BCUT2D eigenvalue weighted by Gasteiger charge is 2.37. The molecular weight excluding hydrogens is 194 g/mol. The van der Waals surface area contributed by atoms with Gasteiger partial charge < -0.3 is 20.3 Å². The number of hydrogen-bond donors (Lipinski definition) is 2. The van der Waals surface area contributed by atoms with Crippen molar-refractivity contribution < 1.29 is 14.6 Å². The quantitative estimate of drug-likeness (QED) is 0.681. The van der Waals surface area contributed by atoms with Gasteiger partial charge in [0.15, 0.2) is 0 Å². The van der Waals surface area contributed by atoms with E-state index in [1.807, 2.05) is 0 Å². The van der Waals surface area contributed by atoms with E-state index in [0.29, 0.717) is 25.7 Å². The second-order valence-corrected chi connectivity index (χ2v) is 4.66.